The number of hydrogen-bond donors (Lipinski definition) is 1. The van der Waals surface area contributed by atoms with Crippen molar-refractivity contribution in [3.63, 3.8) is 0 Å². The molecule has 0 bridgehead atoms. The third-order valence-corrected chi connectivity index (χ3v) is 4.54. The first-order chi connectivity index (χ1) is 13.2. The summed E-state index contributed by atoms with van der Waals surface area (Å²) in [5, 5.41) is 3.11. The maximum atomic E-state index is 12.9. The molecule has 7 heteroatoms. The van der Waals surface area contributed by atoms with Crippen LogP contribution in [0.2, 0.25) is 0 Å². The molecule has 0 aliphatic carbocycles. The summed E-state index contributed by atoms with van der Waals surface area (Å²) in [6.07, 6.45) is 5.18. The predicted octanol–water partition coefficient (Wildman–Crippen LogP) is 3.30. The minimum Gasteiger partial charge on any atom is -0.330 e. The number of aromatic nitrogens is 4. The number of nitrogens with zero attached hydrogens (tertiary/aromatic N) is 5. The van der Waals surface area contributed by atoms with Gasteiger partial charge in [-0.1, -0.05) is 18.2 Å². The van der Waals surface area contributed by atoms with Gasteiger partial charge in [0.25, 0.3) is 5.91 Å². The first-order valence-corrected chi connectivity index (χ1v) is 8.96. The molecule has 0 radical (unpaired) electrons. The summed E-state index contributed by atoms with van der Waals surface area (Å²) >= 11 is 0. The van der Waals surface area contributed by atoms with E-state index in [1.165, 1.54) is 0 Å². The molecule has 136 valence electrons. The van der Waals surface area contributed by atoms with Crippen LogP contribution in [-0.2, 0) is 0 Å². The van der Waals surface area contributed by atoms with Crippen LogP contribution < -0.4 is 5.32 Å². The number of anilines is 2. The number of benzene rings is 1. The van der Waals surface area contributed by atoms with E-state index in [-0.39, 0.29) is 11.9 Å². The van der Waals surface area contributed by atoms with Crippen LogP contribution in [0, 0.1) is 6.92 Å². The van der Waals surface area contributed by atoms with Crippen LogP contribution in [0.15, 0.2) is 54.9 Å². The van der Waals surface area contributed by atoms with Gasteiger partial charge in [-0.15, -0.1) is 0 Å². The van der Waals surface area contributed by atoms with Gasteiger partial charge in [-0.05, 0) is 38.0 Å². The number of amides is 1. The molecule has 2 aromatic heterocycles. The van der Waals surface area contributed by atoms with Crippen molar-refractivity contribution in [3.05, 3.63) is 71.9 Å². The highest BCUT2D eigenvalue weighted by Crippen LogP contribution is 2.33. The summed E-state index contributed by atoms with van der Waals surface area (Å²) in [4.78, 5) is 32.2. The highest BCUT2D eigenvalue weighted by molar-refractivity contribution is 5.94. The smallest absolute Gasteiger partial charge is 0.254 e. The van der Waals surface area contributed by atoms with E-state index in [0.717, 1.165) is 25.1 Å². The molecule has 1 amide bonds. The molecule has 0 saturated carbocycles. The maximum absolute atomic E-state index is 12.9. The van der Waals surface area contributed by atoms with Gasteiger partial charge >= 0.3 is 0 Å². The SMILES string of the molecule is Cc1nc(Nc2ncccn2)cc([C@H]2CCCN2C(=O)c2ccccc2)n1. The number of rotatable bonds is 4. The second kappa shape index (κ2) is 7.49. The Morgan fingerprint density at radius 3 is 2.67 bits per heavy atom. The first kappa shape index (κ1) is 17.1. The molecule has 1 atom stereocenters. The fourth-order valence-corrected chi connectivity index (χ4v) is 3.37. The van der Waals surface area contributed by atoms with Gasteiger partial charge in [0.15, 0.2) is 0 Å². The molecule has 1 aliphatic rings. The van der Waals surface area contributed by atoms with Crippen molar-refractivity contribution in [2.24, 2.45) is 0 Å². The van der Waals surface area contributed by atoms with Crippen molar-refractivity contribution in [1.82, 2.24) is 24.8 Å². The van der Waals surface area contributed by atoms with Gasteiger partial charge in [0.05, 0.1) is 11.7 Å². The Labute approximate surface area is 157 Å². The van der Waals surface area contributed by atoms with E-state index in [0.29, 0.717) is 23.2 Å². The molecule has 7 nitrogen and oxygen atoms in total. The fraction of sp³-hybridized carbons (Fsp3) is 0.250. The summed E-state index contributed by atoms with van der Waals surface area (Å²) in [6, 6.07) is 13.0. The van der Waals surface area contributed by atoms with Gasteiger partial charge in [0, 0.05) is 30.6 Å². The Bertz CT molecular complexity index is 932. The molecule has 1 fully saturated rings. The third kappa shape index (κ3) is 3.76. The Balaban J connectivity index is 1.61. The van der Waals surface area contributed by atoms with E-state index in [9.17, 15) is 4.79 Å². The molecule has 1 N–H and O–H groups in total. The molecule has 3 aromatic rings. The largest absolute Gasteiger partial charge is 0.330 e. The Hall–Kier alpha value is -3.35. The minimum absolute atomic E-state index is 0.0373. The average Bonchev–Trinajstić information content (AvgIpc) is 3.18. The number of aryl methyl sites for hydroxylation is 1. The van der Waals surface area contributed by atoms with Crippen molar-refractivity contribution in [2.75, 3.05) is 11.9 Å². The lowest BCUT2D eigenvalue weighted by Gasteiger charge is -2.25. The van der Waals surface area contributed by atoms with Crippen molar-refractivity contribution < 1.29 is 4.79 Å². The zero-order chi connectivity index (χ0) is 18.6. The van der Waals surface area contributed by atoms with Crippen LogP contribution in [0.5, 0.6) is 0 Å². The second-order valence-electron chi connectivity index (χ2n) is 6.45. The van der Waals surface area contributed by atoms with Crippen LogP contribution in [0.25, 0.3) is 0 Å². The lowest BCUT2D eigenvalue weighted by atomic mass is 10.1. The molecule has 27 heavy (non-hydrogen) atoms. The molecule has 4 rings (SSSR count). The van der Waals surface area contributed by atoms with E-state index in [4.69, 9.17) is 0 Å². The number of nitrogens with one attached hydrogen (secondary N) is 1. The highest BCUT2D eigenvalue weighted by atomic mass is 16.2. The first-order valence-electron chi connectivity index (χ1n) is 8.96. The number of hydrogen-bond acceptors (Lipinski definition) is 6. The zero-order valence-corrected chi connectivity index (χ0v) is 15.0. The summed E-state index contributed by atoms with van der Waals surface area (Å²) in [5.74, 6) is 1.79. The van der Waals surface area contributed by atoms with Crippen molar-refractivity contribution in [3.8, 4) is 0 Å². The Kier molecular flexibility index (Phi) is 4.74. The summed E-state index contributed by atoms with van der Waals surface area (Å²) in [6.45, 7) is 2.57. The van der Waals surface area contributed by atoms with Crippen molar-refractivity contribution in [1.29, 1.82) is 0 Å². The molecular formula is C20H20N6O. The average molecular weight is 360 g/mol. The lowest BCUT2D eigenvalue weighted by molar-refractivity contribution is 0.0732. The molecule has 1 saturated heterocycles. The molecule has 0 unspecified atom stereocenters. The van der Waals surface area contributed by atoms with Crippen LogP contribution in [0.3, 0.4) is 0 Å². The van der Waals surface area contributed by atoms with Crippen LogP contribution in [0.4, 0.5) is 11.8 Å². The quantitative estimate of drug-likeness (QED) is 0.768. The Morgan fingerprint density at radius 1 is 1.11 bits per heavy atom. The lowest BCUT2D eigenvalue weighted by Crippen LogP contribution is -2.31. The van der Waals surface area contributed by atoms with Gasteiger partial charge < -0.3 is 10.2 Å². The van der Waals surface area contributed by atoms with Crippen molar-refractivity contribution >= 4 is 17.7 Å². The number of carbonyl (C=O) groups excluding carboxylic acids is 1. The van der Waals surface area contributed by atoms with Gasteiger partial charge in [-0.25, -0.2) is 19.9 Å². The second-order valence-corrected chi connectivity index (χ2v) is 6.45. The van der Waals surface area contributed by atoms with E-state index >= 15 is 0 Å². The summed E-state index contributed by atoms with van der Waals surface area (Å²) in [5.41, 5.74) is 1.54. The zero-order valence-electron chi connectivity index (χ0n) is 15.0. The summed E-state index contributed by atoms with van der Waals surface area (Å²) < 4.78 is 0. The third-order valence-electron chi connectivity index (χ3n) is 4.54. The fourth-order valence-electron chi connectivity index (χ4n) is 3.37. The van der Waals surface area contributed by atoms with E-state index in [1.807, 2.05) is 48.2 Å². The van der Waals surface area contributed by atoms with Gasteiger partial charge in [-0.2, -0.15) is 0 Å². The Morgan fingerprint density at radius 2 is 1.89 bits per heavy atom. The van der Waals surface area contributed by atoms with Gasteiger partial charge in [0.1, 0.15) is 11.6 Å². The standard InChI is InChI=1S/C20H20N6O/c1-14-23-16(13-18(24-14)25-20-21-10-6-11-22-20)17-9-5-12-26(17)19(27)15-7-3-2-4-8-15/h2-4,6-8,10-11,13,17H,5,9,12H2,1H3,(H,21,22,23,24,25)/t17-/m1/s1. The molecule has 3 heterocycles. The number of likely N-dealkylation sites (tertiary alicyclic amines) is 1. The normalized spacial score (nSPS) is 16.3. The minimum atomic E-state index is -0.0587. The van der Waals surface area contributed by atoms with Crippen LogP contribution in [0.1, 0.15) is 40.8 Å². The number of carbonyl (C=O) groups is 1. The van der Waals surface area contributed by atoms with Gasteiger partial charge in [0.2, 0.25) is 5.95 Å². The van der Waals surface area contributed by atoms with Crippen LogP contribution >= 0.6 is 0 Å². The molecular weight excluding hydrogens is 340 g/mol. The molecule has 0 spiro atoms. The summed E-state index contributed by atoms with van der Waals surface area (Å²) in [7, 11) is 0. The topological polar surface area (TPSA) is 83.9 Å². The molecule has 1 aliphatic heterocycles. The van der Waals surface area contributed by atoms with Gasteiger partial charge in [-0.3, -0.25) is 4.79 Å². The predicted molar refractivity (Wildman–Crippen MR) is 102 cm³/mol. The van der Waals surface area contributed by atoms with E-state index in [1.54, 1.807) is 18.5 Å². The van der Waals surface area contributed by atoms with E-state index < -0.39 is 0 Å². The van der Waals surface area contributed by atoms with Crippen LogP contribution in [-0.4, -0.2) is 37.3 Å². The van der Waals surface area contributed by atoms with E-state index in [2.05, 4.69) is 25.3 Å². The monoisotopic (exact) mass is 360 g/mol. The molecule has 1 aromatic carbocycles. The van der Waals surface area contributed by atoms with Crippen molar-refractivity contribution in [2.45, 2.75) is 25.8 Å². The maximum Gasteiger partial charge on any atom is 0.254 e. The highest BCUT2D eigenvalue weighted by Gasteiger charge is 2.32.